The number of aromatic nitrogens is 1. The van der Waals surface area contributed by atoms with Gasteiger partial charge in [0.25, 0.3) is 0 Å². The normalized spacial score (nSPS) is 22.8. The van der Waals surface area contributed by atoms with Crippen molar-refractivity contribution in [1.29, 1.82) is 0 Å². The lowest BCUT2D eigenvalue weighted by atomic mass is 9.83. The summed E-state index contributed by atoms with van der Waals surface area (Å²) in [5.41, 5.74) is 1.32. The molecule has 1 fully saturated rings. The van der Waals surface area contributed by atoms with Gasteiger partial charge in [0.15, 0.2) is 0 Å². The molecule has 1 aromatic heterocycles. The number of nitrogens with one attached hydrogen (secondary N) is 1. The van der Waals surface area contributed by atoms with Gasteiger partial charge < -0.3 is 10.1 Å². The van der Waals surface area contributed by atoms with Gasteiger partial charge in [0, 0.05) is 17.9 Å². The molecule has 0 bridgehead atoms. The van der Waals surface area contributed by atoms with Crippen molar-refractivity contribution in [1.82, 2.24) is 4.98 Å². The van der Waals surface area contributed by atoms with Crippen molar-refractivity contribution in [2.24, 2.45) is 5.92 Å². The average Bonchev–Trinajstić information content (AvgIpc) is 2.47. The highest BCUT2D eigenvalue weighted by molar-refractivity contribution is 5.88. The minimum atomic E-state index is -0.390. The van der Waals surface area contributed by atoms with Gasteiger partial charge in [0.2, 0.25) is 0 Å². The third-order valence-corrected chi connectivity index (χ3v) is 3.94. The molecular formula is C15H22N2O2. The number of hydrogen-bond acceptors (Lipinski definition) is 4. The van der Waals surface area contributed by atoms with Gasteiger partial charge in [-0.15, -0.1) is 0 Å². The second-order valence-corrected chi connectivity index (χ2v) is 5.12. The first-order valence-electron chi connectivity index (χ1n) is 7.05. The molecular weight excluding hydrogens is 240 g/mol. The van der Waals surface area contributed by atoms with Crippen LogP contribution in [-0.2, 0) is 4.74 Å². The van der Waals surface area contributed by atoms with Crippen molar-refractivity contribution in [2.75, 3.05) is 12.4 Å². The first-order valence-corrected chi connectivity index (χ1v) is 7.05. The number of nitrogens with zero attached hydrogens (tertiary/aromatic N) is 1. The summed E-state index contributed by atoms with van der Waals surface area (Å²) in [4.78, 5) is 15.5. The predicted octanol–water partition coefficient (Wildman–Crippen LogP) is 3.25. The lowest BCUT2D eigenvalue weighted by Gasteiger charge is -2.32. The van der Waals surface area contributed by atoms with E-state index in [4.69, 9.17) is 4.74 Å². The van der Waals surface area contributed by atoms with E-state index in [-0.39, 0.29) is 5.97 Å². The third kappa shape index (κ3) is 3.46. The average molecular weight is 262 g/mol. The lowest BCUT2D eigenvalue weighted by Crippen LogP contribution is -2.31. The Balaban J connectivity index is 2.07. The minimum absolute atomic E-state index is 0.358. The van der Waals surface area contributed by atoms with E-state index in [0.29, 0.717) is 11.7 Å². The van der Waals surface area contributed by atoms with Crippen LogP contribution in [0, 0.1) is 5.92 Å². The molecule has 1 heterocycles. The summed E-state index contributed by atoms with van der Waals surface area (Å²) in [7, 11) is 1.37. The molecule has 1 aliphatic rings. The maximum atomic E-state index is 11.5. The Bertz CT molecular complexity index is 434. The van der Waals surface area contributed by atoms with Gasteiger partial charge in [-0.05, 0) is 30.9 Å². The summed E-state index contributed by atoms with van der Waals surface area (Å²) < 4.78 is 4.69. The quantitative estimate of drug-likeness (QED) is 0.846. The fraction of sp³-hybridized carbons (Fsp3) is 0.600. The smallest absolute Gasteiger partial charge is 0.356 e. The lowest BCUT2D eigenvalue weighted by molar-refractivity contribution is 0.0594. The van der Waals surface area contributed by atoms with Gasteiger partial charge in [-0.25, -0.2) is 9.78 Å². The minimum Gasteiger partial charge on any atom is -0.464 e. The molecule has 1 saturated carbocycles. The van der Waals surface area contributed by atoms with Crippen molar-refractivity contribution in [2.45, 2.75) is 45.1 Å². The van der Waals surface area contributed by atoms with Gasteiger partial charge in [0.05, 0.1) is 7.11 Å². The third-order valence-electron chi connectivity index (χ3n) is 3.94. The zero-order chi connectivity index (χ0) is 13.7. The molecule has 1 aliphatic carbocycles. The Labute approximate surface area is 114 Å². The van der Waals surface area contributed by atoms with E-state index in [0.717, 1.165) is 11.6 Å². The molecule has 0 radical (unpaired) electrons. The maximum Gasteiger partial charge on any atom is 0.356 e. The SMILES string of the molecule is CCC1CCCCC1Nc1ccnc(C(=O)OC)c1. The van der Waals surface area contributed by atoms with Crippen LogP contribution in [0.3, 0.4) is 0 Å². The fourth-order valence-electron chi connectivity index (χ4n) is 2.84. The van der Waals surface area contributed by atoms with Gasteiger partial charge in [-0.1, -0.05) is 26.2 Å². The van der Waals surface area contributed by atoms with Crippen molar-refractivity contribution in [3.8, 4) is 0 Å². The zero-order valence-electron chi connectivity index (χ0n) is 11.7. The number of carbonyl (C=O) groups excluding carboxylic acids is 1. The largest absolute Gasteiger partial charge is 0.464 e. The number of carbonyl (C=O) groups is 1. The fourth-order valence-corrected chi connectivity index (χ4v) is 2.84. The molecule has 0 aliphatic heterocycles. The Morgan fingerprint density at radius 1 is 1.47 bits per heavy atom. The van der Waals surface area contributed by atoms with Crippen molar-refractivity contribution in [3.63, 3.8) is 0 Å². The second kappa shape index (κ2) is 6.55. The molecule has 0 spiro atoms. The van der Waals surface area contributed by atoms with E-state index in [1.165, 1.54) is 39.2 Å². The first kappa shape index (κ1) is 13.8. The number of ether oxygens (including phenoxy) is 1. The van der Waals surface area contributed by atoms with Crippen LogP contribution in [0.4, 0.5) is 5.69 Å². The van der Waals surface area contributed by atoms with Gasteiger partial charge in [0.1, 0.15) is 5.69 Å². The Kier molecular flexibility index (Phi) is 4.77. The van der Waals surface area contributed by atoms with Crippen LogP contribution in [0.5, 0.6) is 0 Å². The summed E-state index contributed by atoms with van der Waals surface area (Å²) in [5, 5.41) is 3.55. The standard InChI is InChI=1S/C15H22N2O2/c1-3-11-6-4-5-7-13(11)17-12-8-9-16-14(10-12)15(18)19-2/h8-11,13H,3-7H2,1-2H3,(H,16,17). The molecule has 2 unspecified atom stereocenters. The number of rotatable bonds is 4. The van der Waals surface area contributed by atoms with Crippen molar-refractivity contribution in [3.05, 3.63) is 24.0 Å². The number of methoxy groups -OCH3 is 1. The van der Waals surface area contributed by atoms with E-state index < -0.39 is 0 Å². The predicted molar refractivity (Wildman–Crippen MR) is 75.2 cm³/mol. The highest BCUT2D eigenvalue weighted by Crippen LogP contribution is 2.29. The molecule has 0 aromatic carbocycles. The van der Waals surface area contributed by atoms with Crippen molar-refractivity contribution >= 4 is 11.7 Å². The first-order chi connectivity index (χ1) is 9.24. The van der Waals surface area contributed by atoms with Crippen LogP contribution in [-0.4, -0.2) is 24.1 Å². The molecule has 1 N–H and O–H groups in total. The van der Waals surface area contributed by atoms with Crippen molar-refractivity contribution < 1.29 is 9.53 Å². The number of anilines is 1. The summed E-state index contributed by atoms with van der Waals surface area (Å²) in [6, 6.07) is 4.19. The van der Waals surface area contributed by atoms with E-state index in [9.17, 15) is 4.79 Å². The van der Waals surface area contributed by atoms with Crippen LogP contribution >= 0.6 is 0 Å². The summed E-state index contributed by atoms with van der Waals surface area (Å²) >= 11 is 0. The van der Waals surface area contributed by atoms with E-state index in [1.807, 2.05) is 6.07 Å². The molecule has 2 atom stereocenters. The van der Waals surface area contributed by atoms with Crippen LogP contribution in [0.2, 0.25) is 0 Å². The number of pyridine rings is 1. The van der Waals surface area contributed by atoms with Gasteiger partial charge in [-0.3, -0.25) is 0 Å². The van der Waals surface area contributed by atoms with E-state index in [1.54, 1.807) is 12.3 Å². The zero-order valence-corrected chi connectivity index (χ0v) is 11.7. The molecule has 4 heteroatoms. The topological polar surface area (TPSA) is 51.2 Å². The number of hydrogen-bond donors (Lipinski definition) is 1. The highest BCUT2D eigenvalue weighted by atomic mass is 16.5. The summed E-state index contributed by atoms with van der Waals surface area (Å²) in [6.07, 6.45) is 7.96. The molecule has 1 aromatic rings. The van der Waals surface area contributed by atoms with Crippen LogP contribution < -0.4 is 5.32 Å². The van der Waals surface area contributed by atoms with Gasteiger partial charge >= 0.3 is 5.97 Å². The Morgan fingerprint density at radius 3 is 3.00 bits per heavy atom. The van der Waals surface area contributed by atoms with E-state index in [2.05, 4.69) is 17.2 Å². The highest BCUT2D eigenvalue weighted by Gasteiger charge is 2.23. The molecule has 104 valence electrons. The molecule has 19 heavy (non-hydrogen) atoms. The summed E-state index contributed by atoms with van der Waals surface area (Å²) in [6.45, 7) is 2.25. The Morgan fingerprint density at radius 2 is 2.26 bits per heavy atom. The van der Waals surface area contributed by atoms with Crippen LogP contribution in [0.15, 0.2) is 18.3 Å². The van der Waals surface area contributed by atoms with E-state index >= 15 is 0 Å². The molecule has 4 nitrogen and oxygen atoms in total. The summed E-state index contributed by atoms with van der Waals surface area (Å²) in [5.74, 6) is 0.336. The number of esters is 1. The monoisotopic (exact) mass is 262 g/mol. The molecule has 0 saturated heterocycles. The van der Waals surface area contributed by atoms with Gasteiger partial charge in [-0.2, -0.15) is 0 Å². The second-order valence-electron chi connectivity index (χ2n) is 5.12. The maximum absolute atomic E-state index is 11.5. The molecule has 0 amide bonds. The van der Waals surface area contributed by atoms with Crippen LogP contribution in [0.1, 0.15) is 49.5 Å². The Hall–Kier alpha value is -1.58. The van der Waals surface area contributed by atoms with Crippen LogP contribution in [0.25, 0.3) is 0 Å². The molecule has 2 rings (SSSR count).